The van der Waals surface area contributed by atoms with E-state index in [1.54, 1.807) is 6.20 Å². The van der Waals surface area contributed by atoms with Crippen molar-refractivity contribution in [3.63, 3.8) is 0 Å². The van der Waals surface area contributed by atoms with Gasteiger partial charge in [0.05, 0.1) is 33.7 Å². The van der Waals surface area contributed by atoms with Gasteiger partial charge in [-0.15, -0.1) is 93.9 Å². The first-order valence-electron chi connectivity index (χ1n) is 31.9. The molecule has 96 heavy (non-hydrogen) atoms. The Labute approximate surface area is 586 Å². The number of rotatable bonds is 8. The SMILES string of the molecule is CN1[CH-]N(c2[c-]c(-n3c4[c-]c(-n5cccn5)ccc4c4ccccc43)cc(C(C)(C)C)c2)C=C1n1c2ccccc2c2ccccc21.CN1[CH-]N(c2[c-]c3c(cc2)c2ccccc2n3-c2[c-]c(-n3cccn3)cc(C(C)(C)C)c2)C=C1n1c2ccccc2c2ccccc21.[Pt].[Pt]. The summed E-state index contributed by atoms with van der Waals surface area (Å²) in [5.41, 5.74) is 16.9. The average molecular weight is 1610 g/mol. The molecule has 0 atom stereocenters. The molecule has 0 saturated heterocycles. The van der Waals surface area contributed by atoms with Gasteiger partial charge in [-0.3, -0.25) is 18.5 Å². The number of hydrogen-bond donors (Lipinski definition) is 0. The Kier molecular flexibility index (Phi) is 15.5. The van der Waals surface area contributed by atoms with Crippen LogP contribution in [0.25, 0.3) is 122 Å². The molecule has 0 amide bonds. The van der Waals surface area contributed by atoms with Crippen molar-refractivity contribution >= 4 is 110 Å². The molecule has 0 fully saturated rings. The maximum Gasteiger partial charge on any atom is 0.0987 e. The van der Waals surface area contributed by atoms with Crippen LogP contribution in [0.2, 0.25) is 0 Å². The molecule has 0 spiro atoms. The predicted octanol–water partition coefficient (Wildman–Crippen LogP) is 18.6. The molecule has 2 aliphatic rings. The fourth-order valence-corrected chi connectivity index (χ4v) is 13.8. The van der Waals surface area contributed by atoms with Gasteiger partial charge in [0.1, 0.15) is 0 Å². The molecule has 10 aromatic carbocycles. The van der Waals surface area contributed by atoms with Crippen molar-refractivity contribution in [1.82, 2.24) is 47.6 Å². The third kappa shape index (κ3) is 10.4. The van der Waals surface area contributed by atoms with Gasteiger partial charge in [0.15, 0.2) is 0 Å². The second-order valence-electron chi connectivity index (χ2n) is 26.6. The molecule has 16 aromatic rings. The van der Waals surface area contributed by atoms with Crippen molar-refractivity contribution in [3.8, 4) is 22.7 Å². The van der Waals surface area contributed by atoms with Gasteiger partial charge in [-0.2, -0.15) is 35.7 Å². The zero-order valence-corrected chi connectivity index (χ0v) is 58.8. The average Bonchev–Trinajstić information content (AvgIpc) is 1.62. The van der Waals surface area contributed by atoms with Crippen molar-refractivity contribution in [3.05, 3.63) is 292 Å². The van der Waals surface area contributed by atoms with Crippen LogP contribution in [-0.4, -0.2) is 61.7 Å². The normalized spacial score (nSPS) is 13.6. The number of para-hydroxylation sites is 6. The van der Waals surface area contributed by atoms with E-state index < -0.39 is 0 Å². The van der Waals surface area contributed by atoms with Crippen molar-refractivity contribution in [2.24, 2.45) is 0 Å². The Morgan fingerprint density at radius 2 is 0.646 bits per heavy atom. The standard InChI is InChI=1S/2C41H33N6.2Pt/c1-41(2,3)28-22-30(44-26-40(43(4)27-44)47-37-16-9-6-12-32(37)33-13-7-10-17-38(33)47)24-31(23-28)46-36-15-8-5-14-34(36)35-19-18-29(25-39(35)46)45-21-11-20-42-45;1-41(2,3)28-22-30(45-21-11-20-42-45)24-31(23-28)46-36-15-8-5-14-34(36)35-19-18-29(25-39(35)46)44-26-40(43(4)27-44)47-37-16-9-6-12-32(37)33-13-7-10-17-38(33)47;;/h2*5-23,26-27H,1-4H3;;/q2*-3;;. The maximum atomic E-state index is 4.54. The number of benzene rings is 10. The van der Waals surface area contributed by atoms with E-state index in [-0.39, 0.29) is 53.0 Å². The number of fused-ring (bicyclic) bond motifs is 12. The van der Waals surface area contributed by atoms with E-state index in [0.717, 1.165) is 78.6 Å². The third-order valence-corrected chi connectivity index (χ3v) is 18.5. The summed E-state index contributed by atoms with van der Waals surface area (Å²) in [6.07, 6.45) is 11.9. The summed E-state index contributed by atoms with van der Waals surface area (Å²) >= 11 is 0. The molecule has 0 bridgehead atoms. The number of hydrogen-bond acceptors (Lipinski definition) is 6. The summed E-state index contributed by atoms with van der Waals surface area (Å²) in [7, 11) is 4.22. The Morgan fingerprint density at radius 1 is 0.323 bits per heavy atom. The molecule has 0 N–H and O–H groups in total. The van der Waals surface area contributed by atoms with E-state index in [0.29, 0.717) is 0 Å². The zero-order chi connectivity index (χ0) is 63.7. The number of aromatic nitrogens is 8. The minimum Gasteiger partial charge on any atom is -0.498 e. The molecule has 14 heteroatoms. The Hall–Kier alpha value is -10.1. The van der Waals surface area contributed by atoms with Crippen LogP contribution in [-0.2, 0) is 53.0 Å². The minimum absolute atomic E-state index is 0. The second-order valence-corrected chi connectivity index (χ2v) is 26.6. The van der Waals surface area contributed by atoms with Gasteiger partial charge in [0.2, 0.25) is 0 Å². The van der Waals surface area contributed by atoms with Gasteiger partial charge in [0.25, 0.3) is 0 Å². The number of anilines is 2. The van der Waals surface area contributed by atoms with Crippen molar-refractivity contribution in [2.75, 3.05) is 23.9 Å². The first kappa shape index (κ1) is 62.0. The molecule has 2 aliphatic heterocycles. The van der Waals surface area contributed by atoms with E-state index >= 15 is 0 Å². The predicted molar refractivity (Wildman–Crippen MR) is 385 cm³/mol. The van der Waals surface area contributed by atoms with E-state index in [4.69, 9.17) is 0 Å². The van der Waals surface area contributed by atoms with Gasteiger partial charge in [-0.05, 0) is 95.6 Å². The van der Waals surface area contributed by atoms with E-state index in [1.165, 1.54) is 65.5 Å². The van der Waals surface area contributed by atoms with Crippen molar-refractivity contribution in [2.45, 2.75) is 52.4 Å². The molecular weight excluding hydrogens is 1540 g/mol. The summed E-state index contributed by atoms with van der Waals surface area (Å²) < 4.78 is 13.0. The van der Waals surface area contributed by atoms with Gasteiger partial charge in [0, 0.05) is 112 Å². The summed E-state index contributed by atoms with van der Waals surface area (Å²) in [5.74, 6) is 2.15. The van der Waals surface area contributed by atoms with Gasteiger partial charge < -0.3 is 28.7 Å². The number of nitrogens with zero attached hydrogens (tertiary/aromatic N) is 12. The fraction of sp³-hybridized carbons (Fsp3) is 0.122. The first-order valence-corrected chi connectivity index (χ1v) is 31.9. The molecule has 0 aliphatic carbocycles. The molecule has 12 nitrogen and oxygen atoms in total. The molecule has 6 aromatic heterocycles. The quantitative estimate of drug-likeness (QED) is 0.141. The van der Waals surface area contributed by atoms with Gasteiger partial charge in [-0.1, -0.05) is 173 Å². The Morgan fingerprint density at radius 3 is 1.04 bits per heavy atom. The molecule has 0 saturated carbocycles. The van der Waals surface area contributed by atoms with Crippen molar-refractivity contribution < 1.29 is 42.1 Å². The maximum absolute atomic E-state index is 4.54. The first-order chi connectivity index (χ1) is 45.7. The smallest absolute Gasteiger partial charge is 0.0987 e. The zero-order valence-electron chi connectivity index (χ0n) is 54.2. The van der Waals surface area contributed by atoms with E-state index in [9.17, 15) is 0 Å². The molecule has 480 valence electrons. The van der Waals surface area contributed by atoms with Crippen LogP contribution in [0.15, 0.2) is 243 Å². The largest absolute Gasteiger partial charge is 0.498 e. The molecule has 8 heterocycles. The van der Waals surface area contributed by atoms with E-state index in [1.807, 2.05) is 40.1 Å². The van der Waals surface area contributed by atoms with E-state index in [2.05, 4.69) is 348 Å². The molecule has 18 rings (SSSR count). The monoisotopic (exact) mass is 1610 g/mol. The van der Waals surface area contributed by atoms with Crippen LogP contribution >= 0.6 is 0 Å². The Balaban J connectivity index is 0.000000154. The van der Waals surface area contributed by atoms with Gasteiger partial charge in [-0.25, -0.2) is 0 Å². The minimum atomic E-state index is -0.0910. The van der Waals surface area contributed by atoms with Crippen LogP contribution in [0.4, 0.5) is 11.4 Å². The second kappa shape index (κ2) is 24.0. The van der Waals surface area contributed by atoms with Crippen LogP contribution in [0.3, 0.4) is 0 Å². The van der Waals surface area contributed by atoms with Gasteiger partial charge >= 0.3 is 0 Å². The summed E-state index contributed by atoms with van der Waals surface area (Å²) in [6.45, 7) is 17.8. The topological polar surface area (TPSA) is 68.3 Å². The van der Waals surface area contributed by atoms with Crippen LogP contribution in [0.1, 0.15) is 52.7 Å². The van der Waals surface area contributed by atoms with Crippen LogP contribution in [0.5, 0.6) is 0 Å². The summed E-state index contributed by atoms with van der Waals surface area (Å²) in [5, 5.41) is 18.7. The van der Waals surface area contributed by atoms with Crippen molar-refractivity contribution in [1.29, 1.82) is 0 Å². The summed E-state index contributed by atoms with van der Waals surface area (Å²) in [6, 6.07) is 88.3. The Bertz CT molecular complexity index is 5620. The van der Waals surface area contributed by atoms with Crippen LogP contribution in [0, 0.1) is 37.6 Å². The third-order valence-electron chi connectivity index (χ3n) is 18.5. The molecular formula is C82H66N12Pt2-6. The summed E-state index contributed by atoms with van der Waals surface area (Å²) in [4.78, 5) is 8.75. The molecule has 0 radical (unpaired) electrons. The molecule has 0 unspecified atom stereocenters. The van der Waals surface area contributed by atoms with Crippen LogP contribution < -0.4 is 9.80 Å². The fourth-order valence-electron chi connectivity index (χ4n) is 13.8.